The Morgan fingerprint density at radius 2 is 1.79 bits per heavy atom. The lowest BCUT2D eigenvalue weighted by Gasteiger charge is -2.28. The Bertz CT molecular complexity index is 678. The van der Waals surface area contributed by atoms with Crippen molar-refractivity contribution in [3.05, 3.63) is 11.8 Å². The zero-order chi connectivity index (χ0) is 19.5. The molecule has 0 aromatic carbocycles. The smallest absolute Gasteiger partial charge is 0.227 e. The first-order valence-electron chi connectivity index (χ1n) is 10.5. The van der Waals surface area contributed by atoms with Crippen LogP contribution in [0.15, 0.2) is 6.07 Å². The molecule has 8 nitrogen and oxygen atoms in total. The highest BCUT2D eigenvalue weighted by molar-refractivity contribution is 5.73. The van der Waals surface area contributed by atoms with Gasteiger partial charge in [0.25, 0.3) is 0 Å². The molecule has 3 aliphatic rings. The first kappa shape index (κ1) is 19.4. The number of nitrogens with one attached hydrogen (secondary N) is 1. The van der Waals surface area contributed by atoms with Crippen LogP contribution >= 0.6 is 0 Å². The number of amides is 1. The van der Waals surface area contributed by atoms with Crippen LogP contribution in [0.4, 0.5) is 11.8 Å². The average Bonchev–Trinajstić information content (AvgIpc) is 3.04. The highest BCUT2D eigenvalue weighted by atomic mass is 16.6. The fraction of sp³-hybridized carbons (Fsp3) is 0.750. The molecule has 2 atom stereocenters. The summed E-state index contributed by atoms with van der Waals surface area (Å²) in [5, 5.41) is 2.88. The summed E-state index contributed by atoms with van der Waals surface area (Å²) in [6.45, 7) is 8.19. The van der Waals surface area contributed by atoms with Gasteiger partial charge in [-0.2, -0.15) is 4.98 Å². The van der Waals surface area contributed by atoms with E-state index >= 15 is 0 Å². The van der Waals surface area contributed by atoms with Gasteiger partial charge in [0, 0.05) is 44.9 Å². The number of hydrogen-bond donors (Lipinski definition) is 1. The number of aryl methyl sites for hydroxylation is 1. The second kappa shape index (κ2) is 8.61. The van der Waals surface area contributed by atoms with E-state index in [0.29, 0.717) is 13.2 Å². The molecular weight excluding hydrogens is 358 g/mol. The third-order valence-corrected chi connectivity index (χ3v) is 5.72. The van der Waals surface area contributed by atoms with Crippen molar-refractivity contribution >= 4 is 17.7 Å². The first-order chi connectivity index (χ1) is 13.6. The van der Waals surface area contributed by atoms with Crippen molar-refractivity contribution in [2.75, 3.05) is 49.2 Å². The number of anilines is 2. The number of ether oxygens (including phenoxy) is 2. The quantitative estimate of drug-likeness (QED) is 0.827. The molecule has 0 aliphatic carbocycles. The molecule has 28 heavy (non-hydrogen) atoms. The van der Waals surface area contributed by atoms with Crippen molar-refractivity contribution in [2.45, 2.75) is 57.8 Å². The van der Waals surface area contributed by atoms with E-state index in [9.17, 15) is 4.79 Å². The van der Waals surface area contributed by atoms with Crippen LogP contribution in [0, 0.1) is 0 Å². The number of hydrogen-bond acceptors (Lipinski definition) is 7. The van der Waals surface area contributed by atoms with E-state index in [2.05, 4.69) is 28.1 Å². The molecule has 154 valence electrons. The van der Waals surface area contributed by atoms with Gasteiger partial charge in [-0.15, -0.1) is 0 Å². The number of aromatic nitrogens is 2. The van der Waals surface area contributed by atoms with Gasteiger partial charge >= 0.3 is 0 Å². The highest BCUT2D eigenvalue weighted by Crippen LogP contribution is 2.27. The van der Waals surface area contributed by atoms with Crippen molar-refractivity contribution in [1.29, 1.82) is 0 Å². The SMILES string of the molecule is CCc1cc(N2C[C@@H]3OCC(NC(C)=O)CO[C@H]3C2)nc(N2CCCCC2)n1. The fourth-order valence-corrected chi connectivity index (χ4v) is 4.20. The Labute approximate surface area is 166 Å². The van der Waals surface area contributed by atoms with Crippen LogP contribution in [0.5, 0.6) is 0 Å². The van der Waals surface area contributed by atoms with Crippen molar-refractivity contribution in [1.82, 2.24) is 15.3 Å². The average molecular weight is 390 g/mol. The van der Waals surface area contributed by atoms with E-state index in [1.807, 2.05) is 0 Å². The van der Waals surface area contributed by atoms with E-state index in [1.54, 1.807) is 0 Å². The highest BCUT2D eigenvalue weighted by Gasteiger charge is 2.38. The van der Waals surface area contributed by atoms with Crippen molar-refractivity contribution in [2.24, 2.45) is 0 Å². The number of nitrogens with zero attached hydrogens (tertiary/aromatic N) is 4. The lowest BCUT2D eigenvalue weighted by molar-refractivity contribution is -0.120. The van der Waals surface area contributed by atoms with Gasteiger partial charge in [0.05, 0.1) is 19.3 Å². The Morgan fingerprint density at radius 1 is 1.11 bits per heavy atom. The van der Waals surface area contributed by atoms with Crippen molar-refractivity contribution in [3.63, 3.8) is 0 Å². The standard InChI is InChI=1S/C20H31N5O3/c1-3-15-9-19(23-20(22-15)24-7-5-4-6-8-24)25-10-17-18(11-25)28-13-16(12-27-17)21-14(2)26/h9,16-18H,3-8,10-13H2,1-2H3,(H,21,26)/t17-,18-/m0/s1. The van der Waals surface area contributed by atoms with E-state index in [-0.39, 0.29) is 24.2 Å². The monoisotopic (exact) mass is 389 g/mol. The zero-order valence-corrected chi connectivity index (χ0v) is 16.9. The Morgan fingerprint density at radius 3 is 2.39 bits per heavy atom. The molecule has 4 heterocycles. The summed E-state index contributed by atoms with van der Waals surface area (Å²) in [6.07, 6.45) is 4.60. The molecule has 3 aliphatic heterocycles. The van der Waals surface area contributed by atoms with Crippen LogP contribution in [0.1, 0.15) is 38.8 Å². The molecule has 8 heteroatoms. The Balaban J connectivity index is 1.46. The minimum Gasteiger partial charge on any atom is -0.371 e. The number of carbonyl (C=O) groups is 1. The maximum absolute atomic E-state index is 11.3. The molecule has 1 N–H and O–H groups in total. The minimum atomic E-state index is -0.0759. The topological polar surface area (TPSA) is 79.8 Å². The summed E-state index contributed by atoms with van der Waals surface area (Å²) < 4.78 is 12.1. The molecule has 4 rings (SSSR count). The number of carbonyl (C=O) groups excluding carboxylic acids is 1. The Kier molecular flexibility index (Phi) is 5.96. The van der Waals surface area contributed by atoms with E-state index in [4.69, 9.17) is 19.4 Å². The molecule has 1 aromatic rings. The summed E-state index contributed by atoms with van der Waals surface area (Å²) >= 11 is 0. The summed E-state index contributed by atoms with van der Waals surface area (Å²) in [7, 11) is 0. The van der Waals surface area contributed by atoms with Crippen LogP contribution in [-0.2, 0) is 20.7 Å². The maximum atomic E-state index is 11.3. The van der Waals surface area contributed by atoms with Crippen LogP contribution in [0.2, 0.25) is 0 Å². The van der Waals surface area contributed by atoms with Gasteiger partial charge < -0.3 is 24.6 Å². The lowest BCUT2D eigenvalue weighted by atomic mass is 10.1. The predicted octanol–water partition coefficient (Wildman–Crippen LogP) is 1.14. The zero-order valence-electron chi connectivity index (χ0n) is 16.9. The lowest BCUT2D eigenvalue weighted by Crippen LogP contribution is -2.40. The Hall–Kier alpha value is -1.93. The molecule has 0 bridgehead atoms. The van der Waals surface area contributed by atoms with Gasteiger partial charge in [0.2, 0.25) is 11.9 Å². The van der Waals surface area contributed by atoms with Gasteiger partial charge in [-0.25, -0.2) is 4.98 Å². The predicted molar refractivity (Wildman–Crippen MR) is 107 cm³/mol. The third-order valence-electron chi connectivity index (χ3n) is 5.72. The van der Waals surface area contributed by atoms with Crippen molar-refractivity contribution in [3.8, 4) is 0 Å². The molecule has 0 spiro atoms. The number of rotatable bonds is 4. The van der Waals surface area contributed by atoms with Crippen LogP contribution in [-0.4, -0.2) is 73.5 Å². The summed E-state index contributed by atoms with van der Waals surface area (Å²) in [5.74, 6) is 1.77. The van der Waals surface area contributed by atoms with Gasteiger partial charge in [-0.3, -0.25) is 4.79 Å². The molecule has 3 fully saturated rings. The van der Waals surface area contributed by atoms with Crippen LogP contribution in [0.3, 0.4) is 0 Å². The van der Waals surface area contributed by atoms with Crippen molar-refractivity contribution < 1.29 is 14.3 Å². The first-order valence-corrected chi connectivity index (χ1v) is 10.5. The third kappa shape index (κ3) is 4.38. The second-order valence-electron chi connectivity index (χ2n) is 7.96. The minimum absolute atomic E-state index is 0.00256. The number of piperidine rings is 1. The molecule has 0 unspecified atom stereocenters. The van der Waals surface area contributed by atoms with Crippen LogP contribution in [0.25, 0.3) is 0 Å². The van der Waals surface area contributed by atoms with Gasteiger partial charge in [-0.05, 0) is 25.7 Å². The molecule has 3 saturated heterocycles. The molecule has 1 amide bonds. The fourth-order valence-electron chi connectivity index (χ4n) is 4.20. The summed E-state index contributed by atoms with van der Waals surface area (Å²) in [4.78, 5) is 25.5. The largest absolute Gasteiger partial charge is 0.371 e. The summed E-state index contributed by atoms with van der Waals surface area (Å²) in [6, 6.07) is 2.02. The van der Waals surface area contributed by atoms with Gasteiger partial charge in [-0.1, -0.05) is 6.92 Å². The maximum Gasteiger partial charge on any atom is 0.227 e. The van der Waals surface area contributed by atoms with E-state index in [0.717, 1.165) is 50.1 Å². The van der Waals surface area contributed by atoms with Gasteiger partial charge in [0.15, 0.2) is 0 Å². The van der Waals surface area contributed by atoms with Crippen LogP contribution < -0.4 is 15.1 Å². The molecule has 1 aromatic heterocycles. The molecular formula is C20H31N5O3. The molecule has 0 saturated carbocycles. The van der Waals surface area contributed by atoms with Gasteiger partial charge in [0.1, 0.15) is 18.0 Å². The second-order valence-corrected chi connectivity index (χ2v) is 7.96. The number of fused-ring (bicyclic) bond motifs is 1. The summed E-state index contributed by atoms with van der Waals surface area (Å²) in [5.41, 5.74) is 1.07. The van der Waals surface area contributed by atoms with E-state index in [1.165, 1.54) is 26.2 Å². The molecule has 0 radical (unpaired) electrons. The normalized spacial score (nSPS) is 26.1. The van der Waals surface area contributed by atoms with E-state index < -0.39 is 0 Å².